The highest BCUT2D eigenvalue weighted by Crippen LogP contribution is 2.35. The summed E-state index contributed by atoms with van der Waals surface area (Å²) in [6.45, 7) is 1.68. The van der Waals surface area contributed by atoms with Gasteiger partial charge in [0, 0.05) is 27.5 Å². The Kier molecular flexibility index (Phi) is 5.29. The van der Waals surface area contributed by atoms with E-state index in [0.29, 0.717) is 16.3 Å². The first-order valence-electron chi connectivity index (χ1n) is 8.54. The molecule has 10 heteroatoms. The molecule has 1 saturated heterocycles. The lowest BCUT2D eigenvalue weighted by molar-refractivity contribution is -0.122. The van der Waals surface area contributed by atoms with Crippen molar-refractivity contribution in [1.29, 1.82) is 0 Å². The second kappa shape index (κ2) is 7.60. The molecule has 2 aromatic carbocycles. The summed E-state index contributed by atoms with van der Waals surface area (Å²) >= 11 is 15.7. The Balaban J connectivity index is 1.61. The Bertz CT molecular complexity index is 1040. The van der Waals surface area contributed by atoms with Gasteiger partial charge in [-0.2, -0.15) is 5.43 Å². The van der Waals surface area contributed by atoms with Crippen LogP contribution in [-0.2, 0) is 11.3 Å². The van der Waals surface area contributed by atoms with Gasteiger partial charge in [0.15, 0.2) is 6.17 Å². The van der Waals surface area contributed by atoms with Crippen LogP contribution in [0.5, 0.6) is 0 Å². The number of nitrogens with zero attached hydrogens (tertiary/aromatic N) is 3. The van der Waals surface area contributed by atoms with Crippen molar-refractivity contribution in [1.82, 2.24) is 15.3 Å². The molecule has 0 spiro atoms. The highest BCUT2D eigenvalue weighted by molar-refractivity contribution is 9.10. The zero-order valence-corrected chi connectivity index (χ0v) is 18.1. The number of carbonyl (C=O) groups is 2. The molecule has 1 atom stereocenters. The molecule has 1 unspecified atom stereocenters. The Morgan fingerprint density at radius 3 is 2.66 bits per heavy atom. The van der Waals surface area contributed by atoms with E-state index in [9.17, 15) is 14.0 Å². The Labute approximate surface area is 184 Å². The third-order valence-corrected chi connectivity index (χ3v) is 6.53. The van der Waals surface area contributed by atoms with Gasteiger partial charge >= 0.3 is 6.03 Å². The third kappa shape index (κ3) is 3.40. The van der Waals surface area contributed by atoms with Gasteiger partial charge in [0.2, 0.25) is 0 Å². The summed E-state index contributed by atoms with van der Waals surface area (Å²) in [5, 5.41) is 1.87. The van der Waals surface area contributed by atoms with Crippen LogP contribution in [0.2, 0.25) is 10.0 Å². The molecule has 2 aromatic rings. The Morgan fingerprint density at radius 2 is 1.93 bits per heavy atom. The van der Waals surface area contributed by atoms with Crippen molar-refractivity contribution in [2.75, 3.05) is 4.90 Å². The van der Waals surface area contributed by atoms with Crippen LogP contribution < -0.4 is 10.3 Å². The molecule has 2 aliphatic heterocycles. The zero-order chi connectivity index (χ0) is 20.9. The number of hydrogen-bond donors (Lipinski definition) is 1. The molecular weight excluding hydrogens is 486 g/mol. The summed E-state index contributed by atoms with van der Waals surface area (Å²) in [4.78, 5) is 28.4. The number of rotatable bonds is 3. The van der Waals surface area contributed by atoms with E-state index < -0.39 is 18.0 Å². The summed E-state index contributed by atoms with van der Waals surface area (Å²) < 4.78 is 14.8. The molecular formula is C19H14BrCl2FN4O2. The number of anilines is 1. The summed E-state index contributed by atoms with van der Waals surface area (Å²) in [5.41, 5.74) is 4.32. The molecule has 0 radical (unpaired) electrons. The normalized spacial score (nSPS) is 18.7. The molecule has 0 aliphatic carbocycles. The zero-order valence-electron chi connectivity index (χ0n) is 15.0. The van der Waals surface area contributed by atoms with Crippen molar-refractivity contribution < 1.29 is 14.0 Å². The highest BCUT2D eigenvalue weighted by Gasteiger charge is 2.44. The quantitative estimate of drug-likeness (QED) is 0.660. The van der Waals surface area contributed by atoms with E-state index in [4.69, 9.17) is 23.2 Å². The molecule has 6 nitrogen and oxygen atoms in total. The first-order chi connectivity index (χ1) is 13.8. The Morgan fingerprint density at radius 1 is 1.17 bits per heavy atom. The summed E-state index contributed by atoms with van der Waals surface area (Å²) in [5.74, 6) is -0.898. The highest BCUT2D eigenvalue weighted by atomic mass is 79.9. The molecule has 1 N–H and O–H groups in total. The van der Waals surface area contributed by atoms with Crippen LogP contribution >= 0.6 is 39.1 Å². The van der Waals surface area contributed by atoms with Crippen molar-refractivity contribution in [3.05, 3.63) is 74.2 Å². The molecule has 2 aliphatic rings. The van der Waals surface area contributed by atoms with Gasteiger partial charge in [-0.3, -0.25) is 19.6 Å². The van der Waals surface area contributed by atoms with Crippen LogP contribution in [0.25, 0.3) is 0 Å². The molecule has 1 fully saturated rings. The lowest BCUT2D eigenvalue weighted by atomic mass is 10.1. The lowest BCUT2D eigenvalue weighted by Gasteiger charge is -2.30. The van der Waals surface area contributed by atoms with E-state index in [0.717, 1.165) is 4.47 Å². The van der Waals surface area contributed by atoms with Gasteiger partial charge < -0.3 is 0 Å². The molecule has 3 amide bonds. The SMILES string of the molecule is Cc1c(N2C=CN3C(=O)N(Cc4c(F)cccc4Cl)NC3C2=O)ccc(Br)c1Cl. The number of urea groups is 1. The fourth-order valence-corrected chi connectivity index (χ4v) is 4.05. The summed E-state index contributed by atoms with van der Waals surface area (Å²) in [6, 6.07) is 7.32. The monoisotopic (exact) mass is 498 g/mol. The molecule has 150 valence electrons. The van der Waals surface area contributed by atoms with Crippen molar-refractivity contribution in [3.8, 4) is 0 Å². The van der Waals surface area contributed by atoms with Gasteiger partial charge in [-0.15, -0.1) is 0 Å². The van der Waals surface area contributed by atoms with Gasteiger partial charge in [0.05, 0.1) is 17.3 Å². The largest absolute Gasteiger partial charge is 0.340 e. The maximum atomic E-state index is 14.1. The first kappa shape index (κ1) is 20.2. The molecule has 0 bridgehead atoms. The van der Waals surface area contributed by atoms with E-state index in [1.807, 2.05) is 0 Å². The van der Waals surface area contributed by atoms with E-state index in [1.54, 1.807) is 25.1 Å². The average Bonchev–Trinajstić information content (AvgIpc) is 3.01. The number of hydrazine groups is 1. The van der Waals surface area contributed by atoms with E-state index >= 15 is 0 Å². The van der Waals surface area contributed by atoms with Crippen molar-refractivity contribution in [3.63, 3.8) is 0 Å². The molecule has 0 aromatic heterocycles. The van der Waals surface area contributed by atoms with E-state index in [2.05, 4.69) is 21.4 Å². The van der Waals surface area contributed by atoms with Crippen LogP contribution in [-0.4, -0.2) is 28.0 Å². The predicted molar refractivity (Wildman–Crippen MR) is 112 cm³/mol. The van der Waals surface area contributed by atoms with Crippen LogP contribution in [0.3, 0.4) is 0 Å². The third-order valence-electron chi connectivity index (χ3n) is 4.80. The molecule has 4 rings (SSSR count). The van der Waals surface area contributed by atoms with Crippen LogP contribution in [0.1, 0.15) is 11.1 Å². The molecule has 29 heavy (non-hydrogen) atoms. The summed E-state index contributed by atoms with van der Waals surface area (Å²) in [6.07, 6.45) is 2.05. The second-order valence-electron chi connectivity index (χ2n) is 6.52. The second-order valence-corrected chi connectivity index (χ2v) is 8.16. The fourth-order valence-electron chi connectivity index (χ4n) is 3.24. The van der Waals surface area contributed by atoms with Gasteiger partial charge in [0.1, 0.15) is 5.82 Å². The minimum Gasteiger partial charge on any atom is -0.283 e. The van der Waals surface area contributed by atoms with Gasteiger partial charge in [-0.25, -0.2) is 9.18 Å². The topological polar surface area (TPSA) is 55.9 Å². The number of benzene rings is 2. The van der Waals surface area contributed by atoms with Crippen molar-refractivity contribution in [2.45, 2.75) is 19.6 Å². The minimum atomic E-state index is -0.958. The summed E-state index contributed by atoms with van der Waals surface area (Å²) in [7, 11) is 0. The Hall–Kier alpha value is -2.13. The smallest absolute Gasteiger partial charge is 0.283 e. The molecule has 0 saturated carbocycles. The van der Waals surface area contributed by atoms with Crippen LogP contribution in [0.15, 0.2) is 47.2 Å². The van der Waals surface area contributed by atoms with Gasteiger partial charge in [-0.1, -0.05) is 29.3 Å². The van der Waals surface area contributed by atoms with Crippen molar-refractivity contribution >= 4 is 56.8 Å². The van der Waals surface area contributed by atoms with E-state index in [-0.39, 0.29) is 23.0 Å². The first-order valence-corrected chi connectivity index (χ1v) is 10.1. The number of halogens is 4. The number of nitrogens with one attached hydrogen (secondary N) is 1. The maximum Gasteiger partial charge on any atom is 0.340 e. The number of amides is 3. The maximum absolute atomic E-state index is 14.1. The van der Waals surface area contributed by atoms with Gasteiger partial charge in [-0.05, 0) is 52.7 Å². The van der Waals surface area contributed by atoms with Gasteiger partial charge in [0.25, 0.3) is 5.91 Å². The molecule has 2 heterocycles. The van der Waals surface area contributed by atoms with Crippen LogP contribution in [0, 0.1) is 12.7 Å². The van der Waals surface area contributed by atoms with Crippen LogP contribution in [0.4, 0.5) is 14.9 Å². The number of fused-ring (bicyclic) bond motifs is 1. The van der Waals surface area contributed by atoms with Crippen molar-refractivity contribution in [2.24, 2.45) is 0 Å². The van der Waals surface area contributed by atoms with E-state index in [1.165, 1.54) is 39.3 Å². The number of hydrogen-bond acceptors (Lipinski definition) is 3. The fraction of sp³-hybridized carbons (Fsp3) is 0.158. The average molecular weight is 500 g/mol. The lowest BCUT2D eigenvalue weighted by Crippen LogP contribution is -2.51. The predicted octanol–water partition coefficient (Wildman–Crippen LogP) is 4.79. The standard InChI is InChI=1S/C19H14BrCl2FN4O2/c1-10-15(6-5-12(20)16(10)22)25-7-8-26-17(18(25)28)24-27(19(26)29)9-11-13(21)3-2-4-14(11)23/h2-8,17,24H,9H2,1H3. The number of carbonyl (C=O) groups excluding carboxylic acids is 2. The minimum absolute atomic E-state index is 0.123.